The van der Waals surface area contributed by atoms with Crippen LogP contribution >= 0.6 is 0 Å². The molecule has 1 saturated carbocycles. The fourth-order valence-electron chi connectivity index (χ4n) is 8.89. The van der Waals surface area contributed by atoms with Crippen LogP contribution in [0.15, 0.2) is 103 Å². The molecule has 272 valence electrons. The quantitative estimate of drug-likeness (QED) is 0.231. The Kier molecular flexibility index (Phi) is 9.71. The summed E-state index contributed by atoms with van der Waals surface area (Å²) in [6.07, 6.45) is 1.17. The van der Waals surface area contributed by atoms with Crippen LogP contribution in [0.25, 0.3) is 0 Å². The van der Waals surface area contributed by atoms with Crippen LogP contribution in [-0.4, -0.2) is 71.8 Å². The average Bonchev–Trinajstić information content (AvgIpc) is 3.77. The molecule has 1 N–H and O–H groups in total. The molecule has 3 saturated heterocycles. The van der Waals surface area contributed by atoms with Crippen LogP contribution in [0.5, 0.6) is 0 Å². The minimum absolute atomic E-state index is 0.119. The Balaban J connectivity index is 1.17. The number of rotatable bonds is 11. The molecule has 3 aromatic carbocycles. The molecule has 8 rings (SSSR count). The second kappa shape index (κ2) is 14.1. The lowest BCUT2D eigenvalue weighted by Crippen LogP contribution is -2.67. The number of ether oxygens (including phenoxy) is 8. The maximum atomic E-state index is 13.2. The molecule has 3 aliphatic heterocycles. The van der Waals surface area contributed by atoms with Crippen molar-refractivity contribution in [2.75, 3.05) is 6.61 Å². The molecule has 51 heavy (non-hydrogen) atoms. The third kappa shape index (κ3) is 7.09. The topological polar surface area (TPSA) is 94.1 Å². The summed E-state index contributed by atoms with van der Waals surface area (Å²) < 4.78 is 53.1. The van der Waals surface area contributed by atoms with Crippen LogP contribution in [0.1, 0.15) is 50.8 Å². The first-order valence-corrected chi connectivity index (χ1v) is 18.3. The Bertz CT molecular complexity index is 1630. The van der Waals surface area contributed by atoms with Crippen molar-refractivity contribution in [3.05, 3.63) is 120 Å². The van der Waals surface area contributed by atoms with E-state index in [1.165, 1.54) is 0 Å². The van der Waals surface area contributed by atoms with Gasteiger partial charge in [-0.25, -0.2) is 0 Å². The predicted molar refractivity (Wildman–Crippen MR) is 188 cm³/mol. The Hall–Kier alpha value is -2.96. The molecule has 0 aromatic heterocycles. The highest BCUT2D eigenvalue weighted by Crippen LogP contribution is 2.58. The van der Waals surface area contributed by atoms with Gasteiger partial charge < -0.3 is 43.0 Å². The van der Waals surface area contributed by atoms with Crippen LogP contribution in [0.4, 0.5) is 0 Å². The summed E-state index contributed by atoms with van der Waals surface area (Å²) >= 11 is 0. The zero-order chi connectivity index (χ0) is 35.2. The molecular weight excluding hydrogens is 648 g/mol. The lowest BCUT2D eigenvalue weighted by molar-refractivity contribution is -0.343. The van der Waals surface area contributed by atoms with Crippen molar-refractivity contribution in [2.24, 2.45) is 17.8 Å². The van der Waals surface area contributed by atoms with Gasteiger partial charge in [-0.15, -0.1) is 0 Å². The summed E-state index contributed by atoms with van der Waals surface area (Å²) in [5.74, 6) is -4.06. The van der Waals surface area contributed by atoms with E-state index in [9.17, 15) is 5.11 Å². The summed E-state index contributed by atoms with van der Waals surface area (Å²) in [6, 6.07) is 30.2. The van der Waals surface area contributed by atoms with Gasteiger partial charge in [-0.2, -0.15) is 0 Å². The molecule has 0 radical (unpaired) electrons. The molecule has 0 amide bonds. The van der Waals surface area contributed by atoms with Gasteiger partial charge in [0.2, 0.25) is 0 Å². The van der Waals surface area contributed by atoms with Crippen molar-refractivity contribution < 1.29 is 43.0 Å². The molecule has 4 fully saturated rings. The third-order valence-corrected chi connectivity index (χ3v) is 11.0. The normalized spacial score (nSPS) is 37.7. The van der Waals surface area contributed by atoms with Gasteiger partial charge in [-0.3, -0.25) is 0 Å². The van der Waals surface area contributed by atoms with Crippen molar-refractivity contribution in [1.29, 1.82) is 0 Å². The fourth-order valence-corrected chi connectivity index (χ4v) is 8.89. The summed E-state index contributed by atoms with van der Waals surface area (Å²) in [4.78, 5) is 0. The van der Waals surface area contributed by atoms with E-state index in [1.54, 1.807) is 0 Å². The van der Waals surface area contributed by atoms with Crippen molar-refractivity contribution in [3.8, 4) is 0 Å². The van der Waals surface area contributed by atoms with Gasteiger partial charge in [0.25, 0.3) is 0 Å². The van der Waals surface area contributed by atoms with Crippen LogP contribution in [0.2, 0.25) is 0 Å². The van der Waals surface area contributed by atoms with Crippen molar-refractivity contribution in [3.63, 3.8) is 0 Å². The van der Waals surface area contributed by atoms with Crippen molar-refractivity contribution >= 4 is 0 Å². The lowest BCUT2D eigenvalue weighted by atomic mass is 9.62. The lowest BCUT2D eigenvalue weighted by Gasteiger charge is -2.52. The third-order valence-electron chi connectivity index (χ3n) is 11.0. The van der Waals surface area contributed by atoms with E-state index in [0.717, 1.165) is 16.7 Å². The van der Waals surface area contributed by atoms with E-state index in [2.05, 4.69) is 24.3 Å². The average molecular weight is 699 g/mol. The molecule has 0 bridgehead atoms. The Morgan fingerprint density at radius 2 is 1.18 bits per heavy atom. The molecule has 9 nitrogen and oxygen atoms in total. The maximum absolute atomic E-state index is 13.2. The van der Waals surface area contributed by atoms with Crippen LogP contribution < -0.4 is 0 Å². The van der Waals surface area contributed by atoms with Crippen LogP contribution in [0.3, 0.4) is 0 Å². The number of allylic oxidation sites excluding steroid dienone is 1. The van der Waals surface area contributed by atoms with E-state index < -0.39 is 54.0 Å². The number of benzene rings is 3. The fraction of sp³-hybridized carbons (Fsp3) is 0.524. The first-order valence-electron chi connectivity index (χ1n) is 18.3. The SMILES string of the molecule is CC1(C)OCC(C2OC(C)(C)OC2[C@H]2O[C@@]3(O)[C@H]4[C@H](C=CC[C@@H]42)[C@@H](OCc2ccccc2)[C@H](OCc2ccccc2)[C@H]3OCc2ccccc2)O1. The van der Waals surface area contributed by atoms with Gasteiger partial charge in [0.1, 0.15) is 30.5 Å². The van der Waals surface area contributed by atoms with Crippen molar-refractivity contribution in [1.82, 2.24) is 0 Å². The number of hydrogen-bond acceptors (Lipinski definition) is 9. The van der Waals surface area contributed by atoms with E-state index in [0.29, 0.717) is 26.2 Å². The largest absolute Gasteiger partial charge is 0.370 e. The van der Waals surface area contributed by atoms with Crippen molar-refractivity contribution in [2.45, 2.75) is 114 Å². The maximum Gasteiger partial charge on any atom is 0.199 e. The Morgan fingerprint density at radius 1 is 0.627 bits per heavy atom. The molecule has 3 unspecified atom stereocenters. The first-order chi connectivity index (χ1) is 24.6. The summed E-state index contributed by atoms with van der Waals surface area (Å²) in [7, 11) is 0. The van der Waals surface area contributed by atoms with E-state index >= 15 is 0 Å². The van der Waals surface area contributed by atoms with Gasteiger partial charge >= 0.3 is 0 Å². The first kappa shape index (κ1) is 35.1. The van der Waals surface area contributed by atoms with Gasteiger partial charge in [0.15, 0.2) is 17.4 Å². The van der Waals surface area contributed by atoms with E-state index in [-0.39, 0.29) is 30.5 Å². The standard InChI is InChI=1S/C42H50O9/c1-40(2)47-26-32(48-40)36-37(50-41(3,4)49-36)35-31-22-14-21-30-33(31)42(43,51-35)39(46-25-29-19-12-7-13-20-29)38(45-24-28-17-10-6-11-18-28)34(30)44-23-27-15-8-5-9-16-27/h5-21,30-39,43H,22-26H2,1-4H3/t30-,31-,32?,33-,34+,35-,36?,37?,38-,39+,42-/m0/s1. The van der Waals surface area contributed by atoms with E-state index in [4.69, 9.17) is 37.9 Å². The molecule has 0 spiro atoms. The highest BCUT2D eigenvalue weighted by Gasteiger charge is 2.71. The molecule has 11 atom stereocenters. The van der Waals surface area contributed by atoms with Gasteiger partial charge in [0.05, 0.1) is 38.6 Å². The molecule has 2 aliphatic carbocycles. The highest BCUT2D eigenvalue weighted by atomic mass is 16.8. The van der Waals surface area contributed by atoms with Gasteiger partial charge in [-0.05, 0) is 50.8 Å². The predicted octanol–water partition coefficient (Wildman–Crippen LogP) is 6.32. The smallest absolute Gasteiger partial charge is 0.199 e. The Morgan fingerprint density at radius 3 is 1.75 bits per heavy atom. The van der Waals surface area contributed by atoms with Crippen LogP contribution in [-0.2, 0) is 57.7 Å². The van der Waals surface area contributed by atoms with Crippen LogP contribution in [0, 0.1) is 17.8 Å². The number of aliphatic hydroxyl groups is 1. The molecular formula is C42H50O9. The minimum Gasteiger partial charge on any atom is -0.370 e. The highest BCUT2D eigenvalue weighted by molar-refractivity contribution is 5.22. The van der Waals surface area contributed by atoms with E-state index in [1.807, 2.05) is 107 Å². The van der Waals surface area contributed by atoms with Gasteiger partial charge in [0, 0.05) is 17.8 Å². The van der Waals surface area contributed by atoms with Gasteiger partial charge in [-0.1, -0.05) is 103 Å². The Labute approximate surface area is 300 Å². The molecule has 3 aromatic rings. The second-order valence-electron chi connectivity index (χ2n) is 15.4. The summed E-state index contributed by atoms with van der Waals surface area (Å²) in [5, 5.41) is 13.2. The summed E-state index contributed by atoms with van der Waals surface area (Å²) in [6.45, 7) is 8.97. The number of hydrogen-bond donors (Lipinski definition) is 1. The zero-order valence-corrected chi connectivity index (χ0v) is 29.8. The molecule has 9 heteroatoms. The minimum atomic E-state index is -1.72. The molecule has 5 aliphatic rings. The molecule has 3 heterocycles. The zero-order valence-electron chi connectivity index (χ0n) is 29.8. The second-order valence-corrected chi connectivity index (χ2v) is 15.4. The monoisotopic (exact) mass is 698 g/mol. The summed E-state index contributed by atoms with van der Waals surface area (Å²) in [5.41, 5.74) is 3.06.